The first kappa shape index (κ1) is 14.8. The fraction of sp³-hybridized carbons (Fsp3) is 0.800. The van der Waals surface area contributed by atoms with Crippen molar-refractivity contribution in [2.75, 3.05) is 5.75 Å². The number of carbonyl (C=O) groups is 1. The fourth-order valence-corrected chi connectivity index (χ4v) is 4.25. The average Bonchev–Trinajstić information content (AvgIpc) is 2.82. The number of fused-ring (bicyclic) bond motifs is 1. The highest BCUT2D eigenvalue weighted by Gasteiger charge is 2.42. The highest BCUT2D eigenvalue weighted by atomic mass is 32.2. The summed E-state index contributed by atoms with van der Waals surface area (Å²) in [7, 11) is 0. The van der Waals surface area contributed by atoms with Crippen LogP contribution in [0.3, 0.4) is 0 Å². The second-order valence-corrected chi connectivity index (χ2v) is 7.99. The summed E-state index contributed by atoms with van der Waals surface area (Å²) >= 11 is 2.00. The Bertz CT molecular complexity index is 362. The molecule has 4 heteroatoms. The number of hydrogen-bond donors (Lipinski definition) is 2. The molecule has 2 amide bonds. The normalized spacial score (nSPS) is 29.8. The van der Waals surface area contributed by atoms with Gasteiger partial charge in [0, 0.05) is 11.0 Å². The van der Waals surface area contributed by atoms with Crippen molar-refractivity contribution < 1.29 is 4.79 Å². The van der Waals surface area contributed by atoms with Gasteiger partial charge in [0.05, 0.1) is 12.1 Å². The average molecular weight is 282 g/mol. The van der Waals surface area contributed by atoms with Gasteiger partial charge in [0.2, 0.25) is 0 Å². The lowest BCUT2D eigenvalue weighted by Crippen LogP contribution is -2.36. The minimum atomic E-state index is 0.0152. The summed E-state index contributed by atoms with van der Waals surface area (Å²) in [6.07, 6.45) is 4.77. The second kappa shape index (κ2) is 5.78. The number of thioether (sulfide) groups is 1. The molecule has 2 rings (SSSR count). The molecule has 0 unspecified atom stereocenters. The standard InChI is InChI=1S/C15H26N2OS/c1-10(15(2,3)4)7-5-6-8-12-13-11(9-19-12)16-14(18)17-13/h11-13H,1,5-9H2,2-4H3,(H2,16,17,18)/t11-,12-,13-/m0/s1. The molecule has 2 aliphatic rings. The van der Waals surface area contributed by atoms with Crippen LogP contribution in [0, 0.1) is 5.41 Å². The topological polar surface area (TPSA) is 41.1 Å². The Balaban J connectivity index is 1.67. The van der Waals surface area contributed by atoms with E-state index in [1.807, 2.05) is 11.8 Å². The van der Waals surface area contributed by atoms with Crippen molar-refractivity contribution in [3.63, 3.8) is 0 Å². The van der Waals surface area contributed by atoms with Gasteiger partial charge in [0.25, 0.3) is 0 Å². The Morgan fingerprint density at radius 2 is 2.11 bits per heavy atom. The molecule has 2 fully saturated rings. The van der Waals surface area contributed by atoms with E-state index in [4.69, 9.17) is 0 Å². The highest BCUT2D eigenvalue weighted by molar-refractivity contribution is 8.00. The third kappa shape index (κ3) is 3.68. The Hall–Kier alpha value is -0.640. The Kier molecular flexibility index (Phi) is 4.49. The zero-order valence-corrected chi connectivity index (χ0v) is 13.1. The molecule has 3 nitrogen and oxygen atoms in total. The quantitative estimate of drug-likeness (QED) is 0.461. The van der Waals surface area contributed by atoms with E-state index in [9.17, 15) is 4.79 Å². The summed E-state index contributed by atoms with van der Waals surface area (Å²) < 4.78 is 0. The summed E-state index contributed by atoms with van der Waals surface area (Å²) in [6, 6.07) is 0.719. The van der Waals surface area contributed by atoms with Crippen molar-refractivity contribution in [2.24, 2.45) is 5.41 Å². The zero-order valence-electron chi connectivity index (χ0n) is 12.3. The van der Waals surface area contributed by atoms with E-state index in [2.05, 4.69) is 38.0 Å². The van der Waals surface area contributed by atoms with Crippen LogP contribution in [0.5, 0.6) is 0 Å². The summed E-state index contributed by atoms with van der Waals surface area (Å²) in [4.78, 5) is 11.3. The molecule has 0 saturated carbocycles. The monoisotopic (exact) mass is 282 g/mol. The molecule has 108 valence electrons. The first-order chi connectivity index (χ1) is 8.88. The number of rotatable bonds is 5. The van der Waals surface area contributed by atoms with Crippen molar-refractivity contribution in [3.8, 4) is 0 Å². The first-order valence-electron chi connectivity index (χ1n) is 7.25. The van der Waals surface area contributed by atoms with E-state index in [1.165, 1.54) is 24.8 Å². The van der Waals surface area contributed by atoms with Crippen LogP contribution in [-0.2, 0) is 0 Å². The summed E-state index contributed by atoms with van der Waals surface area (Å²) in [5.41, 5.74) is 1.58. The largest absolute Gasteiger partial charge is 0.332 e. The Morgan fingerprint density at radius 1 is 1.37 bits per heavy atom. The molecule has 0 aromatic heterocycles. The van der Waals surface area contributed by atoms with Crippen LogP contribution in [0.4, 0.5) is 4.79 Å². The minimum absolute atomic E-state index is 0.0152. The van der Waals surface area contributed by atoms with E-state index in [1.54, 1.807) is 0 Å². The van der Waals surface area contributed by atoms with E-state index in [0.717, 1.165) is 12.2 Å². The Labute approximate surface area is 121 Å². The summed E-state index contributed by atoms with van der Waals surface area (Å²) in [5.74, 6) is 1.06. The molecular weight excluding hydrogens is 256 g/mol. The van der Waals surface area contributed by atoms with E-state index < -0.39 is 0 Å². The van der Waals surface area contributed by atoms with Crippen LogP contribution >= 0.6 is 11.8 Å². The number of nitrogens with one attached hydrogen (secondary N) is 2. The number of amides is 2. The van der Waals surface area contributed by atoms with Crippen LogP contribution in [-0.4, -0.2) is 29.1 Å². The lowest BCUT2D eigenvalue weighted by Gasteiger charge is -2.22. The maximum atomic E-state index is 11.3. The molecule has 0 aromatic rings. The number of carbonyl (C=O) groups excluding carboxylic acids is 1. The third-order valence-electron chi connectivity index (χ3n) is 4.22. The van der Waals surface area contributed by atoms with E-state index >= 15 is 0 Å². The Morgan fingerprint density at radius 3 is 2.79 bits per heavy atom. The maximum absolute atomic E-state index is 11.3. The number of hydrogen-bond acceptors (Lipinski definition) is 2. The van der Waals surface area contributed by atoms with Crippen molar-refractivity contribution in [1.82, 2.24) is 10.6 Å². The molecule has 0 spiro atoms. The van der Waals surface area contributed by atoms with Crippen molar-refractivity contribution in [1.29, 1.82) is 0 Å². The van der Waals surface area contributed by atoms with Gasteiger partial charge in [-0.3, -0.25) is 0 Å². The van der Waals surface area contributed by atoms with Crippen molar-refractivity contribution >= 4 is 17.8 Å². The number of allylic oxidation sites excluding steroid dienone is 1. The molecule has 0 aliphatic carbocycles. The first-order valence-corrected chi connectivity index (χ1v) is 8.29. The fourth-order valence-electron chi connectivity index (χ4n) is 2.70. The third-order valence-corrected chi connectivity index (χ3v) is 5.72. The van der Waals surface area contributed by atoms with Gasteiger partial charge >= 0.3 is 6.03 Å². The van der Waals surface area contributed by atoms with Gasteiger partial charge in [0.1, 0.15) is 0 Å². The predicted molar refractivity (Wildman–Crippen MR) is 82.6 cm³/mol. The molecule has 19 heavy (non-hydrogen) atoms. The molecule has 0 aromatic carbocycles. The lowest BCUT2D eigenvalue weighted by atomic mass is 9.84. The summed E-state index contributed by atoms with van der Waals surface area (Å²) in [5, 5.41) is 6.63. The summed E-state index contributed by atoms with van der Waals surface area (Å²) in [6.45, 7) is 10.9. The zero-order chi connectivity index (χ0) is 14.0. The van der Waals surface area contributed by atoms with Gasteiger partial charge in [-0.2, -0.15) is 11.8 Å². The van der Waals surface area contributed by atoms with Gasteiger partial charge < -0.3 is 10.6 Å². The molecule has 2 saturated heterocycles. The smallest absolute Gasteiger partial charge is 0.315 e. The lowest BCUT2D eigenvalue weighted by molar-refractivity contribution is 0.247. The van der Waals surface area contributed by atoms with Gasteiger partial charge in [-0.15, -0.1) is 0 Å². The molecule has 0 radical (unpaired) electrons. The van der Waals surface area contributed by atoms with Gasteiger partial charge in [-0.05, 0) is 24.7 Å². The van der Waals surface area contributed by atoms with Crippen molar-refractivity contribution in [3.05, 3.63) is 12.2 Å². The number of urea groups is 1. The van der Waals surface area contributed by atoms with E-state index in [-0.39, 0.29) is 11.4 Å². The minimum Gasteiger partial charge on any atom is -0.332 e. The van der Waals surface area contributed by atoms with Gasteiger partial charge in [-0.25, -0.2) is 4.79 Å². The molecule has 2 heterocycles. The van der Waals surface area contributed by atoms with E-state index in [0.29, 0.717) is 17.3 Å². The molecule has 0 bridgehead atoms. The maximum Gasteiger partial charge on any atom is 0.315 e. The highest BCUT2D eigenvalue weighted by Crippen LogP contribution is 2.34. The molecule has 3 atom stereocenters. The predicted octanol–water partition coefficient (Wildman–Crippen LogP) is 3.31. The molecule has 2 N–H and O–H groups in total. The SMILES string of the molecule is C=C(CCCC[C@@H]1SC[C@@H]2NC(=O)N[C@@H]21)C(C)(C)C. The van der Waals surface area contributed by atoms with Crippen LogP contribution in [0.2, 0.25) is 0 Å². The molecule has 2 aliphatic heterocycles. The molecular formula is C15H26N2OS. The van der Waals surface area contributed by atoms with Crippen molar-refractivity contribution in [2.45, 2.75) is 63.8 Å². The van der Waals surface area contributed by atoms with Crippen LogP contribution in [0.15, 0.2) is 12.2 Å². The van der Waals surface area contributed by atoms with Gasteiger partial charge in [-0.1, -0.05) is 39.3 Å². The van der Waals surface area contributed by atoms with Crippen LogP contribution < -0.4 is 10.6 Å². The van der Waals surface area contributed by atoms with Crippen LogP contribution in [0.25, 0.3) is 0 Å². The second-order valence-electron chi connectivity index (χ2n) is 6.72. The van der Waals surface area contributed by atoms with Crippen LogP contribution in [0.1, 0.15) is 46.5 Å². The van der Waals surface area contributed by atoms with Gasteiger partial charge in [0.15, 0.2) is 0 Å². The number of unbranched alkanes of at least 4 members (excludes halogenated alkanes) is 1.